The fourth-order valence-corrected chi connectivity index (χ4v) is 2.88. The summed E-state index contributed by atoms with van der Waals surface area (Å²) in [6, 6.07) is 0. The van der Waals surface area contributed by atoms with E-state index in [1.54, 1.807) is 0 Å². The molecule has 2 N–H and O–H groups in total. The Morgan fingerprint density at radius 3 is 2.71 bits per heavy atom. The molecule has 0 bridgehead atoms. The van der Waals surface area contributed by atoms with Gasteiger partial charge in [-0.25, -0.2) is 0 Å². The maximum absolute atomic E-state index is 5.99. The molecule has 4 nitrogen and oxygen atoms in total. The van der Waals surface area contributed by atoms with E-state index in [4.69, 9.17) is 5.73 Å². The van der Waals surface area contributed by atoms with Gasteiger partial charge in [-0.3, -0.25) is 9.58 Å². The summed E-state index contributed by atoms with van der Waals surface area (Å²) in [4.78, 5) is 2.43. The van der Waals surface area contributed by atoms with Crippen LogP contribution in [0.1, 0.15) is 38.2 Å². The van der Waals surface area contributed by atoms with Crippen LogP contribution in [0.3, 0.4) is 0 Å². The molecule has 17 heavy (non-hydrogen) atoms. The minimum Gasteiger partial charge on any atom is -0.329 e. The maximum atomic E-state index is 5.99. The zero-order valence-electron chi connectivity index (χ0n) is 11.0. The van der Waals surface area contributed by atoms with Gasteiger partial charge in [0, 0.05) is 36.9 Å². The second kappa shape index (κ2) is 5.19. The standard InChI is InChI=1S/C13H24N4/c1-3-17-10-12(8-15-17)9-16(2)13(11-14)6-4-5-7-13/h8,10H,3-7,9,11,14H2,1-2H3. The highest BCUT2D eigenvalue weighted by atomic mass is 15.3. The van der Waals surface area contributed by atoms with Gasteiger partial charge in [0.25, 0.3) is 0 Å². The smallest absolute Gasteiger partial charge is 0.0534 e. The first-order chi connectivity index (χ1) is 8.20. The molecule has 1 heterocycles. The number of hydrogen-bond acceptors (Lipinski definition) is 3. The lowest BCUT2D eigenvalue weighted by atomic mass is 9.95. The van der Waals surface area contributed by atoms with Gasteiger partial charge in [-0.2, -0.15) is 5.10 Å². The number of nitrogens with two attached hydrogens (primary N) is 1. The van der Waals surface area contributed by atoms with Crippen LogP contribution in [0.25, 0.3) is 0 Å². The molecule has 0 amide bonds. The van der Waals surface area contributed by atoms with Crippen molar-refractivity contribution in [3.8, 4) is 0 Å². The van der Waals surface area contributed by atoms with Crippen LogP contribution in [0.4, 0.5) is 0 Å². The molecule has 0 radical (unpaired) electrons. The third-order valence-corrected chi connectivity index (χ3v) is 4.15. The van der Waals surface area contributed by atoms with E-state index < -0.39 is 0 Å². The third-order valence-electron chi connectivity index (χ3n) is 4.15. The normalized spacial score (nSPS) is 19.1. The predicted molar refractivity (Wildman–Crippen MR) is 69.6 cm³/mol. The van der Waals surface area contributed by atoms with Crippen molar-refractivity contribution in [1.29, 1.82) is 0 Å². The largest absolute Gasteiger partial charge is 0.329 e. The Bertz CT molecular complexity index is 352. The molecule has 0 aliphatic heterocycles. The van der Waals surface area contributed by atoms with Crippen molar-refractivity contribution in [1.82, 2.24) is 14.7 Å². The molecule has 4 heteroatoms. The molecule has 0 spiro atoms. The van der Waals surface area contributed by atoms with Gasteiger partial charge in [0.1, 0.15) is 0 Å². The Hall–Kier alpha value is -0.870. The van der Waals surface area contributed by atoms with Gasteiger partial charge in [-0.1, -0.05) is 12.8 Å². The lowest BCUT2D eigenvalue weighted by Gasteiger charge is -2.37. The molecule has 2 rings (SSSR count). The minimum absolute atomic E-state index is 0.230. The molecule has 0 atom stereocenters. The molecule has 0 unspecified atom stereocenters. The number of nitrogens with zero attached hydrogens (tertiary/aromatic N) is 3. The van der Waals surface area contributed by atoms with Gasteiger partial charge >= 0.3 is 0 Å². The van der Waals surface area contributed by atoms with Crippen molar-refractivity contribution in [3.63, 3.8) is 0 Å². The van der Waals surface area contributed by atoms with E-state index in [9.17, 15) is 0 Å². The third kappa shape index (κ3) is 2.53. The summed E-state index contributed by atoms with van der Waals surface area (Å²) < 4.78 is 1.98. The van der Waals surface area contributed by atoms with Gasteiger partial charge in [-0.15, -0.1) is 0 Å². The highest BCUT2D eigenvalue weighted by Gasteiger charge is 2.36. The lowest BCUT2D eigenvalue weighted by Crippen LogP contribution is -2.49. The Morgan fingerprint density at radius 2 is 2.18 bits per heavy atom. The number of aryl methyl sites for hydroxylation is 1. The number of aromatic nitrogens is 2. The van der Waals surface area contributed by atoms with Crippen LogP contribution in [0.2, 0.25) is 0 Å². The van der Waals surface area contributed by atoms with Crippen LogP contribution in [-0.2, 0) is 13.1 Å². The molecule has 1 aromatic heterocycles. The van der Waals surface area contributed by atoms with Gasteiger partial charge in [0.05, 0.1) is 6.20 Å². The summed E-state index contributed by atoms with van der Waals surface area (Å²) in [5.74, 6) is 0. The SMILES string of the molecule is CCn1cc(CN(C)C2(CN)CCCC2)cn1. The first kappa shape index (κ1) is 12.6. The molecule has 1 fully saturated rings. The summed E-state index contributed by atoms with van der Waals surface area (Å²) in [6.45, 7) is 4.77. The molecular weight excluding hydrogens is 212 g/mol. The molecule has 1 aliphatic rings. The van der Waals surface area contributed by atoms with Gasteiger partial charge in [0.2, 0.25) is 0 Å². The average molecular weight is 236 g/mol. The Labute approximate surface area is 104 Å². The number of rotatable bonds is 5. The van der Waals surface area contributed by atoms with E-state index in [0.29, 0.717) is 0 Å². The quantitative estimate of drug-likeness (QED) is 0.845. The molecule has 1 aromatic rings. The second-order valence-electron chi connectivity index (χ2n) is 5.20. The van der Waals surface area contributed by atoms with Gasteiger partial charge in [0.15, 0.2) is 0 Å². The maximum Gasteiger partial charge on any atom is 0.0534 e. The summed E-state index contributed by atoms with van der Waals surface area (Å²) in [7, 11) is 2.20. The molecule has 1 aliphatic carbocycles. The fourth-order valence-electron chi connectivity index (χ4n) is 2.88. The zero-order chi connectivity index (χ0) is 12.3. The lowest BCUT2D eigenvalue weighted by molar-refractivity contribution is 0.124. The van der Waals surface area contributed by atoms with Crippen LogP contribution in [0.5, 0.6) is 0 Å². The molecule has 1 saturated carbocycles. The van der Waals surface area contributed by atoms with E-state index in [-0.39, 0.29) is 5.54 Å². The van der Waals surface area contributed by atoms with E-state index in [1.807, 2.05) is 10.9 Å². The first-order valence-corrected chi connectivity index (χ1v) is 6.63. The topological polar surface area (TPSA) is 47.1 Å². The van der Waals surface area contributed by atoms with Gasteiger partial charge in [-0.05, 0) is 26.8 Å². The first-order valence-electron chi connectivity index (χ1n) is 6.63. The van der Waals surface area contributed by atoms with Crippen LogP contribution in [-0.4, -0.2) is 33.8 Å². The van der Waals surface area contributed by atoms with E-state index >= 15 is 0 Å². The van der Waals surface area contributed by atoms with Crippen molar-refractivity contribution in [2.24, 2.45) is 5.73 Å². The van der Waals surface area contributed by atoms with Crippen molar-refractivity contribution in [3.05, 3.63) is 18.0 Å². The van der Waals surface area contributed by atoms with Crippen LogP contribution in [0.15, 0.2) is 12.4 Å². The van der Waals surface area contributed by atoms with E-state index in [2.05, 4.69) is 30.2 Å². The molecular formula is C13H24N4. The Balaban J connectivity index is 2.02. The summed E-state index contributed by atoms with van der Waals surface area (Å²) in [5, 5.41) is 4.32. The molecule has 0 saturated heterocycles. The zero-order valence-corrected chi connectivity index (χ0v) is 11.0. The monoisotopic (exact) mass is 236 g/mol. The van der Waals surface area contributed by atoms with Crippen LogP contribution >= 0.6 is 0 Å². The summed E-state index contributed by atoms with van der Waals surface area (Å²) in [5.41, 5.74) is 7.51. The summed E-state index contributed by atoms with van der Waals surface area (Å²) in [6.07, 6.45) is 9.21. The molecule has 96 valence electrons. The Morgan fingerprint density at radius 1 is 1.47 bits per heavy atom. The number of likely N-dealkylation sites (N-methyl/N-ethyl adjacent to an activating group) is 1. The van der Waals surface area contributed by atoms with Crippen molar-refractivity contribution in [2.75, 3.05) is 13.6 Å². The average Bonchev–Trinajstić information content (AvgIpc) is 2.97. The highest BCUT2D eigenvalue weighted by molar-refractivity contribution is 5.06. The Kier molecular flexibility index (Phi) is 3.84. The highest BCUT2D eigenvalue weighted by Crippen LogP contribution is 2.34. The number of hydrogen-bond donors (Lipinski definition) is 1. The fraction of sp³-hybridized carbons (Fsp3) is 0.769. The van der Waals surface area contributed by atoms with Crippen molar-refractivity contribution >= 4 is 0 Å². The van der Waals surface area contributed by atoms with Crippen molar-refractivity contribution in [2.45, 2.75) is 51.2 Å². The van der Waals surface area contributed by atoms with Gasteiger partial charge < -0.3 is 5.73 Å². The molecule has 0 aromatic carbocycles. The van der Waals surface area contributed by atoms with Crippen LogP contribution in [0, 0.1) is 0 Å². The van der Waals surface area contributed by atoms with Crippen LogP contribution < -0.4 is 5.73 Å². The van der Waals surface area contributed by atoms with Crippen molar-refractivity contribution < 1.29 is 0 Å². The second-order valence-corrected chi connectivity index (χ2v) is 5.20. The predicted octanol–water partition coefficient (Wildman–Crippen LogP) is 1.61. The summed E-state index contributed by atoms with van der Waals surface area (Å²) >= 11 is 0. The van der Waals surface area contributed by atoms with E-state index in [0.717, 1.165) is 19.6 Å². The van der Waals surface area contributed by atoms with E-state index in [1.165, 1.54) is 31.2 Å². The minimum atomic E-state index is 0.230.